The molecule has 0 aliphatic rings. The molecule has 19 heavy (non-hydrogen) atoms. The molecule has 102 valence electrons. The van der Waals surface area contributed by atoms with E-state index in [0.29, 0.717) is 0 Å². The van der Waals surface area contributed by atoms with Gasteiger partial charge in [0.2, 0.25) is 0 Å². The lowest BCUT2D eigenvalue weighted by Crippen LogP contribution is -2.23. The van der Waals surface area contributed by atoms with Crippen LogP contribution in [0.3, 0.4) is 0 Å². The van der Waals surface area contributed by atoms with Gasteiger partial charge >= 0.3 is 0 Å². The normalized spacial score (nSPS) is 12.6. The van der Waals surface area contributed by atoms with E-state index < -0.39 is 5.82 Å². The zero-order chi connectivity index (χ0) is 13.8. The molecule has 2 nitrogen and oxygen atoms in total. The molecule has 1 atom stereocenters. The van der Waals surface area contributed by atoms with Crippen molar-refractivity contribution in [2.45, 2.75) is 19.4 Å². The summed E-state index contributed by atoms with van der Waals surface area (Å²) < 4.78 is 19.6. The molecule has 0 saturated carbocycles. The van der Waals surface area contributed by atoms with E-state index in [9.17, 15) is 4.39 Å². The lowest BCUT2D eigenvalue weighted by atomic mass is 10.0. The van der Waals surface area contributed by atoms with Gasteiger partial charge in [0.05, 0.1) is 21.8 Å². The molecular formula is C14H14BrClFNO. The highest BCUT2D eigenvalue weighted by molar-refractivity contribution is 9.10. The van der Waals surface area contributed by atoms with Crippen molar-refractivity contribution in [2.75, 3.05) is 6.54 Å². The monoisotopic (exact) mass is 345 g/mol. The third-order valence-corrected chi connectivity index (χ3v) is 3.73. The van der Waals surface area contributed by atoms with Gasteiger partial charge < -0.3 is 9.73 Å². The summed E-state index contributed by atoms with van der Waals surface area (Å²) >= 11 is 9.30. The molecule has 1 heterocycles. The Balaban J connectivity index is 2.37. The molecule has 2 rings (SSSR count). The molecule has 0 saturated heterocycles. The molecule has 1 aromatic carbocycles. The van der Waals surface area contributed by atoms with Crippen molar-refractivity contribution in [3.05, 3.63) is 57.2 Å². The molecule has 0 aliphatic heterocycles. The first kappa shape index (κ1) is 14.6. The number of furan rings is 1. The van der Waals surface area contributed by atoms with Crippen LogP contribution >= 0.6 is 27.5 Å². The van der Waals surface area contributed by atoms with Gasteiger partial charge in [0.1, 0.15) is 11.6 Å². The van der Waals surface area contributed by atoms with Crippen LogP contribution in [0.15, 0.2) is 39.4 Å². The third kappa shape index (κ3) is 3.38. The highest BCUT2D eigenvalue weighted by atomic mass is 79.9. The summed E-state index contributed by atoms with van der Waals surface area (Å²) in [5.41, 5.74) is 0.871. The van der Waals surface area contributed by atoms with Crippen LogP contribution in [0.5, 0.6) is 0 Å². The second kappa shape index (κ2) is 6.55. The lowest BCUT2D eigenvalue weighted by molar-refractivity contribution is 0.444. The van der Waals surface area contributed by atoms with Crippen molar-refractivity contribution < 1.29 is 8.81 Å². The van der Waals surface area contributed by atoms with E-state index in [-0.39, 0.29) is 11.1 Å². The van der Waals surface area contributed by atoms with Gasteiger partial charge in [-0.2, -0.15) is 0 Å². The Kier molecular flexibility index (Phi) is 5.02. The predicted octanol–water partition coefficient (Wildman–Crippen LogP) is 4.92. The maximum Gasteiger partial charge on any atom is 0.141 e. The topological polar surface area (TPSA) is 25.2 Å². The van der Waals surface area contributed by atoms with E-state index in [2.05, 4.69) is 28.2 Å². The first-order chi connectivity index (χ1) is 9.13. The van der Waals surface area contributed by atoms with Gasteiger partial charge in [0, 0.05) is 0 Å². The lowest BCUT2D eigenvalue weighted by Gasteiger charge is -2.17. The van der Waals surface area contributed by atoms with Crippen LogP contribution in [-0.4, -0.2) is 6.54 Å². The van der Waals surface area contributed by atoms with Gasteiger partial charge in [-0.3, -0.25) is 0 Å². The fourth-order valence-electron chi connectivity index (χ4n) is 1.85. The van der Waals surface area contributed by atoms with Crippen molar-refractivity contribution in [3.63, 3.8) is 0 Å². The summed E-state index contributed by atoms with van der Waals surface area (Å²) in [6.07, 6.45) is 2.61. The largest absolute Gasteiger partial charge is 0.466 e. The minimum atomic E-state index is -0.418. The quantitative estimate of drug-likeness (QED) is 0.831. The summed E-state index contributed by atoms with van der Waals surface area (Å²) in [4.78, 5) is 0. The van der Waals surface area contributed by atoms with Crippen LogP contribution in [-0.2, 0) is 0 Å². The molecule has 1 aromatic heterocycles. The number of rotatable bonds is 5. The molecule has 0 aliphatic carbocycles. The fraction of sp³-hybridized carbons (Fsp3) is 0.286. The van der Waals surface area contributed by atoms with Crippen LogP contribution in [0.25, 0.3) is 0 Å². The van der Waals surface area contributed by atoms with Crippen molar-refractivity contribution in [3.8, 4) is 0 Å². The maximum atomic E-state index is 13.3. The molecule has 1 N–H and O–H groups in total. The molecule has 5 heteroatoms. The van der Waals surface area contributed by atoms with Crippen LogP contribution in [0.4, 0.5) is 4.39 Å². The summed E-state index contributed by atoms with van der Waals surface area (Å²) in [6.45, 7) is 2.91. The minimum Gasteiger partial charge on any atom is -0.466 e. The predicted molar refractivity (Wildman–Crippen MR) is 78.0 cm³/mol. The van der Waals surface area contributed by atoms with Crippen molar-refractivity contribution in [2.24, 2.45) is 0 Å². The summed E-state index contributed by atoms with van der Waals surface area (Å²) in [7, 11) is 0. The van der Waals surface area contributed by atoms with Gasteiger partial charge in [0.25, 0.3) is 0 Å². The van der Waals surface area contributed by atoms with Gasteiger partial charge in [-0.15, -0.1) is 0 Å². The third-order valence-electron chi connectivity index (χ3n) is 2.78. The molecular weight excluding hydrogens is 333 g/mol. The number of hydrogen-bond donors (Lipinski definition) is 1. The average Bonchev–Trinajstić information content (AvgIpc) is 2.80. The first-order valence-corrected chi connectivity index (χ1v) is 7.21. The molecule has 1 unspecified atom stereocenters. The number of halogens is 3. The maximum absolute atomic E-state index is 13.3. The molecule has 0 amide bonds. The van der Waals surface area contributed by atoms with Gasteiger partial charge in [-0.05, 0) is 52.7 Å². The Morgan fingerprint density at radius 2 is 2.21 bits per heavy atom. The van der Waals surface area contributed by atoms with E-state index in [4.69, 9.17) is 16.0 Å². The van der Waals surface area contributed by atoms with E-state index in [1.165, 1.54) is 6.07 Å². The summed E-state index contributed by atoms with van der Waals surface area (Å²) in [6, 6.07) is 6.39. The number of hydrogen-bond acceptors (Lipinski definition) is 2. The van der Waals surface area contributed by atoms with E-state index in [1.54, 1.807) is 18.4 Å². The zero-order valence-corrected chi connectivity index (χ0v) is 12.8. The van der Waals surface area contributed by atoms with Crippen LogP contribution in [0.1, 0.15) is 30.7 Å². The molecule has 0 radical (unpaired) electrons. The summed E-state index contributed by atoms with van der Waals surface area (Å²) in [5.74, 6) is 0.342. The minimum absolute atomic E-state index is 0.114. The van der Waals surface area contributed by atoms with Gasteiger partial charge in [-0.1, -0.05) is 24.6 Å². The molecule has 0 bridgehead atoms. The Morgan fingerprint density at radius 3 is 2.79 bits per heavy atom. The average molecular weight is 347 g/mol. The number of benzene rings is 1. The molecule has 0 fully saturated rings. The van der Waals surface area contributed by atoms with Gasteiger partial charge in [0.15, 0.2) is 0 Å². The van der Waals surface area contributed by atoms with Crippen LogP contribution in [0.2, 0.25) is 5.02 Å². The highest BCUT2D eigenvalue weighted by Crippen LogP contribution is 2.31. The van der Waals surface area contributed by atoms with Crippen molar-refractivity contribution in [1.29, 1.82) is 0 Å². The summed E-state index contributed by atoms with van der Waals surface area (Å²) in [5, 5.41) is 3.49. The Bertz CT molecular complexity index is 558. The van der Waals surface area contributed by atoms with E-state index in [1.807, 2.05) is 6.07 Å². The second-order valence-corrected chi connectivity index (χ2v) is 5.46. The van der Waals surface area contributed by atoms with E-state index in [0.717, 1.165) is 28.8 Å². The van der Waals surface area contributed by atoms with Crippen LogP contribution in [0, 0.1) is 5.82 Å². The second-order valence-electron chi connectivity index (χ2n) is 4.19. The smallest absolute Gasteiger partial charge is 0.141 e. The SMILES string of the molecule is CCCNC(c1ccc(F)c(Cl)c1)c1occc1Br. The van der Waals surface area contributed by atoms with Crippen molar-refractivity contribution in [1.82, 2.24) is 5.32 Å². The highest BCUT2D eigenvalue weighted by Gasteiger charge is 2.20. The zero-order valence-electron chi connectivity index (χ0n) is 10.4. The molecule has 2 aromatic rings. The first-order valence-electron chi connectivity index (χ1n) is 6.04. The van der Waals surface area contributed by atoms with E-state index >= 15 is 0 Å². The number of nitrogens with one attached hydrogen (secondary N) is 1. The standard InChI is InChI=1S/C14H14BrClFNO/c1-2-6-18-13(14-10(15)5-7-19-14)9-3-4-12(17)11(16)8-9/h3-5,7-8,13,18H,2,6H2,1H3. The van der Waals surface area contributed by atoms with Gasteiger partial charge in [-0.25, -0.2) is 4.39 Å². The molecule has 0 spiro atoms. The Morgan fingerprint density at radius 1 is 1.42 bits per heavy atom. The van der Waals surface area contributed by atoms with Crippen LogP contribution < -0.4 is 5.32 Å². The Labute approximate surface area is 125 Å². The fourth-order valence-corrected chi connectivity index (χ4v) is 2.47. The Hall–Kier alpha value is -0.840. The van der Waals surface area contributed by atoms with Crippen molar-refractivity contribution >= 4 is 27.5 Å².